The summed E-state index contributed by atoms with van der Waals surface area (Å²) >= 11 is 0. The van der Waals surface area contributed by atoms with Crippen molar-refractivity contribution in [2.75, 3.05) is 6.61 Å². The summed E-state index contributed by atoms with van der Waals surface area (Å²) in [6, 6.07) is -0.743. The van der Waals surface area contributed by atoms with Gasteiger partial charge >= 0.3 is 0 Å². The SMILES string of the molecule is CCCCCCCCCCCCCC/C=C\CCCCCCCCC(O)CC(=O)NC(CO)C(O)/C=C/CCCCCCCCCCCCCC. The minimum atomic E-state index is -0.928. The van der Waals surface area contributed by atoms with Gasteiger partial charge in [0.25, 0.3) is 0 Å². The van der Waals surface area contributed by atoms with Crippen LogP contribution in [0, 0.1) is 0 Å². The topological polar surface area (TPSA) is 89.8 Å². The van der Waals surface area contributed by atoms with Gasteiger partial charge < -0.3 is 20.6 Å². The third kappa shape index (κ3) is 38.4. The zero-order valence-electron chi connectivity index (χ0n) is 34.2. The van der Waals surface area contributed by atoms with Gasteiger partial charge in [0.2, 0.25) is 5.91 Å². The standard InChI is InChI=1S/C46H89NO4/c1-3-5-7-9-11-13-15-17-19-20-21-22-23-24-25-26-27-29-31-33-35-37-39-43(49)41-46(51)47-44(42-48)45(50)40-38-36-34-32-30-28-18-16-14-12-10-8-6-4-2/h24-25,38,40,43-45,48-50H,3-23,26-37,39,41-42H2,1-2H3,(H,47,51)/b25-24-,40-38+. The quantitative estimate of drug-likeness (QED) is 0.0374. The Morgan fingerprint density at radius 1 is 0.490 bits per heavy atom. The van der Waals surface area contributed by atoms with E-state index in [-0.39, 0.29) is 18.9 Å². The van der Waals surface area contributed by atoms with Crippen molar-refractivity contribution in [1.29, 1.82) is 0 Å². The van der Waals surface area contributed by atoms with Gasteiger partial charge in [-0.3, -0.25) is 4.79 Å². The number of unbranched alkanes of at least 4 members (excludes halogenated alkanes) is 30. The number of aliphatic hydroxyl groups excluding tert-OH is 3. The van der Waals surface area contributed by atoms with Crippen molar-refractivity contribution in [3.05, 3.63) is 24.3 Å². The molecule has 0 bridgehead atoms. The second-order valence-electron chi connectivity index (χ2n) is 15.7. The average Bonchev–Trinajstić information content (AvgIpc) is 3.12. The number of hydrogen-bond donors (Lipinski definition) is 4. The number of nitrogens with one attached hydrogen (secondary N) is 1. The van der Waals surface area contributed by atoms with Crippen molar-refractivity contribution in [1.82, 2.24) is 5.32 Å². The van der Waals surface area contributed by atoms with Crippen LogP contribution in [0.2, 0.25) is 0 Å². The van der Waals surface area contributed by atoms with Crippen molar-refractivity contribution in [3.63, 3.8) is 0 Å². The van der Waals surface area contributed by atoms with Crippen molar-refractivity contribution < 1.29 is 20.1 Å². The van der Waals surface area contributed by atoms with Gasteiger partial charge in [-0.05, 0) is 44.9 Å². The Bertz CT molecular complexity index is 754. The maximum Gasteiger partial charge on any atom is 0.222 e. The predicted molar refractivity (Wildman–Crippen MR) is 222 cm³/mol. The van der Waals surface area contributed by atoms with Gasteiger partial charge in [0.15, 0.2) is 0 Å². The number of allylic oxidation sites excluding steroid dienone is 3. The largest absolute Gasteiger partial charge is 0.394 e. The molecule has 0 aromatic rings. The van der Waals surface area contributed by atoms with Crippen LogP contribution < -0.4 is 5.32 Å². The first-order valence-electron chi connectivity index (χ1n) is 22.6. The van der Waals surface area contributed by atoms with Crippen molar-refractivity contribution in [2.24, 2.45) is 0 Å². The zero-order valence-corrected chi connectivity index (χ0v) is 34.2. The van der Waals surface area contributed by atoms with E-state index >= 15 is 0 Å². The highest BCUT2D eigenvalue weighted by atomic mass is 16.3. The van der Waals surface area contributed by atoms with E-state index in [1.807, 2.05) is 6.08 Å². The molecule has 0 aliphatic heterocycles. The van der Waals surface area contributed by atoms with Crippen LogP contribution in [0.5, 0.6) is 0 Å². The summed E-state index contributed by atoms with van der Waals surface area (Å²) in [5.74, 6) is -0.318. The number of rotatable bonds is 41. The molecule has 0 saturated heterocycles. The van der Waals surface area contributed by atoms with E-state index in [9.17, 15) is 20.1 Å². The smallest absolute Gasteiger partial charge is 0.222 e. The molecule has 3 unspecified atom stereocenters. The summed E-state index contributed by atoms with van der Waals surface area (Å²) in [6.07, 6.45) is 50.4. The van der Waals surface area contributed by atoms with E-state index in [4.69, 9.17) is 0 Å². The lowest BCUT2D eigenvalue weighted by molar-refractivity contribution is -0.124. The molecule has 5 heteroatoms. The number of aliphatic hydroxyl groups is 3. The Labute approximate surface area is 318 Å². The van der Waals surface area contributed by atoms with Crippen LogP contribution in [0.4, 0.5) is 0 Å². The molecule has 0 radical (unpaired) electrons. The van der Waals surface area contributed by atoms with Gasteiger partial charge in [-0.2, -0.15) is 0 Å². The number of amides is 1. The second-order valence-corrected chi connectivity index (χ2v) is 15.7. The third-order valence-corrected chi connectivity index (χ3v) is 10.5. The normalized spacial score (nSPS) is 13.7. The number of hydrogen-bond acceptors (Lipinski definition) is 4. The summed E-state index contributed by atoms with van der Waals surface area (Å²) in [6.45, 7) is 4.22. The van der Waals surface area contributed by atoms with E-state index in [0.29, 0.717) is 6.42 Å². The molecule has 0 spiro atoms. The number of carbonyl (C=O) groups is 1. The van der Waals surface area contributed by atoms with Crippen LogP contribution in [-0.2, 0) is 4.79 Å². The van der Waals surface area contributed by atoms with Crippen LogP contribution in [0.3, 0.4) is 0 Å². The Kier molecular flexibility index (Phi) is 40.6. The first-order chi connectivity index (χ1) is 25.0. The minimum absolute atomic E-state index is 0.0113. The molecule has 0 saturated carbocycles. The van der Waals surface area contributed by atoms with Gasteiger partial charge in [-0.15, -0.1) is 0 Å². The van der Waals surface area contributed by atoms with E-state index in [0.717, 1.165) is 25.7 Å². The average molecular weight is 720 g/mol. The zero-order chi connectivity index (χ0) is 37.3. The highest BCUT2D eigenvalue weighted by Gasteiger charge is 2.20. The molecule has 4 N–H and O–H groups in total. The Morgan fingerprint density at radius 2 is 0.824 bits per heavy atom. The van der Waals surface area contributed by atoms with E-state index < -0.39 is 18.2 Å². The summed E-state index contributed by atoms with van der Waals surface area (Å²) in [7, 11) is 0. The monoisotopic (exact) mass is 720 g/mol. The molecular weight excluding hydrogens is 631 g/mol. The minimum Gasteiger partial charge on any atom is -0.394 e. The highest BCUT2D eigenvalue weighted by Crippen LogP contribution is 2.15. The Balaban J connectivity index is 3.64. The summed E-state index contributed by atoms with van der Waals surface area (Å²) < 4.78 is 0. The molecule has 0 aliphatic carbocycles. The lowest BCUT2D eigenvalue weighted by Gasteiger charge is -2.21. The first kappa shape index (κ1) is 49.8. The van der Waals surface area contributed by atoms with Crippen LogP contribution in [0.25, 0.3) is 0 Å². The molecule has 0 fully saturated rings. The Hall–Kier alpha value is -1.17. The lowest BCUT2D eigenvalue weighted by atomic mass is 10.0. The van der Waals surface area contributed by atoms with Crippen LogP contribution >= 0.6 is 0 Å². The van der Waals surface area contributed by atoms with Gasteiger partial charge in [-0.1, -0.05) is 212 Å². The van der Waals surface area contributed by atoms with E-state index in [1.54, 1.807) is 6.08 Å². The third-order valence-electron chi connectivity index (χ3n) is 10.5. The van der Waals surface area contributed by atoms with E-state index in [1.165, 1.54) is 186 Å². The maximum atomic E-state index is 12.4. The van der Waals surface area contributed by atoms with Gasteiger partial charge in [0, 0.05) is 0 Å². The summed E-state index contributed by atoms with van der Waals surface area (Å²) in [4.78, 5) is 12.4. The summed E-state index contributed by atoms with van der Waals surface area (Å²) in [5.41, 5.74) is 0. The van der Waals surface area contributed by atoms with Crippen molar-refractivity contribution in [2.45, 2.75) is 257 Å². The lowest BCUT2D eigenvalue weighted by Crippen LogP contribution is -2.45. The summed E-state index contributed by atoms with van der Waals surface area (Å²) in [5, 5.41) is 33.2. The van der Waals surface area contributed by atoms with Crippen LogP contribution in [0.15, 0.2) is 24.3 Å². The van der Waals surface area contributed by atoms with E-state index in [2.05, 4.69) is 31.3 Å². The molecular formula is C46H89NO4. The fraction of sp³-hybridized carbons (Fsp3) is 0.891. The second kappa shape index (κ2) is 41.6. The van der Waals surface area contributed by atoms with Crippen molar-refractivity contribution >= 4 is 5.91 Å². The highest BCUT2D eigenvalue weighted by molar-refractivity contribution is 5.76. The van der Waals surface area contributed by atoms with Gasteiger partial charge in [-0.25, -0.2) is 0 Å². The first-order valence-corrected chi connectivity index (χ1v) is 22.6. The fourth-order valence-electron chi connectivity index (χ4n) is 6.98. The maximum absolute atomic E-state index is 12.4. The molecule has 0 aromatic heterocycles. The van der Waals surface area contributed by atoms with Gasteiger partial charge in [0.1, 0.15) is 0 Å². The van der Waals surface area contributed by atoms with Crippen molar-refractivity contribution in [3.8, 4) is 0 Å². The Morgan fingerprint density at radius 3 is 1.20 bits per heavy atom. The van der Waals surface area contributed by atoms with Crippen LogP contribution in [-0.4, -0.2) is 46.1 Å². The molecule has 5 nitrogen and oxygen atoms in total. The molecule has 0 aliphatic rings. The molecule has 0 aromatic carbocycles. The number of carbonyl (C=O) groups excluding carboxylic acids is 1. The molecule has 51 heavy (non-hydrogen) atoms. The fourth-order valence-corrected chi connectivity index (χ4v) is 6.98. The molecule has 302 valence electrons. The molecule has 0 rings (SSSR count). The van der Waals surface area contributed by atoms with Crippen LogP contribution in [0.1, 0.15) is 239 Å². The molecule has 1 amide bonds. The molecule has 0 heterocycles. The van der Waals surface area contributed by atoms with Gasteiger partial charge in [0.05, 0.1) is 31.3 Å². The predicted octanol–water partition coefficient (Wildman–Crippen LogP) is 13.0. The molecule has 3 atom stereocenters.